The van der Waals surface area contributed by atoms with Gasteiger partial charge in [0.1, 0.15) is 5.82 Å². The van der Waals surface area contributed by atoms with Crippen LogP contribution in [0.15, 0.2) is 59.7 Å². The molecule has 1 aromatic heterocycles. The second kappa shape index (κ2) is 12.0. The number of hydrogen-bond donors (Lipinski definition) is 4. The zero-order valence-corrected chi connectivity index (χ0v) is 20.3. The lowest BCUT2D eigenvalue weighted by atomic mass is 10.1. The normalized spacial score (nSPS) is 11.9. The zero-order chi connectivity index (χ0) is 21.4. The largest absolute Gasteiger partial charge is 0.361 e. The maximum Gasteiger partial charge on any atom is 0.213 e. The fourth-order valence-electron chi connectivity index (χ4n) is 3.06. The topological polar surface area (TPSA) is 98.4 Å². The predicted molar refractivity (Wildman–Crippen MR) is 134 cm³/mol. The number of aromatic nitrogens is 1. The van der Waals surface area contributed by atoms with Crippen molar-refractivity contribution >= 4 is 50.9 Å². The molecule has 0 spiro atoms. The van der Waals surface area contributed by atoms with Crippen LogP contribution >= 0.6 is 24.0 Å². The van der Waals surface area contributed by atoms with Crippen molar-refractivity contribution in [2.75, 3.05) is 25.9 Å². The number of benzene rings is 2. The number of sulfonamides is 1. The summed E-state index contributed by atoms with van der Waals surface area (Å²) in [6.07, 6.45) is 2.54. The van der Waals surface area contributed by atoms with Crippen molar-refractivity contribution in [2.45, 2.75) is 13.0 Å². The number of fused-ring (bicyclic) bond motifs is 1. The van der Waals surface area contributed by atoms with Gasteiger partial charge in [-0.3, -0.25) is 4.99 Å². The standard InChI is InChI=1S/C21H26FN5O2S.HI/c1-23-21(24-10-9-17-15-26-20-8-7-18(22)13-19(17)20)25-11-12-30(28,29)27-14-16-5-3-2-4-6-16;/h2-8,13,15,26-27H,9-12,14H2,1H3,(H2,23,24,25);1H. The molecule has 0 aliphatic rings. The van der Waals surface area contributed by atoms with E-state index in [1.807, 2.05) is 36.5 Å². The van der Waals surface area contributed by atoms with Gasteiger partial charge in [0.25, 0.3) is 0 Å². The first-order valence-electron chi connectivity index (χ1n) is 9.68. The molecule has 0 atom stereocenters. The Bertz CT molecular complexity index is 1100. The number of H-pyrrole nitrogens is 1. The molecule has 0 aliphatic heterocycles. The summed E-state index contributed by atoms with van der Waals surface area (Å²) in [5, 5.41) is 7.01. The minimum atomic E-state index is -3.40. The van der Waals surface area contributed by atoms with Crippen LogP contribution in [0, 0.1) is 5.82 Å². The molecule has 7 nitrogen and oxygen atoms in total. The van der Waals surface area contributed by atoms with Crippen molar-refractivity contribution in [1.82, 2.24) is 20.3 Å². The summed E-state index contributed by atoms with van der Waals surface area (Å²) < 4.78 is 40.4. The van der Waals surface area contributed by atoms with Gasteiger partial charge >= 0.3 is 0 Å². The van der Waals surface area contributed by atoms with Crippen LogP contribution in [0.5, 0.6) is 0 Å². The van der Waals surface area contributed by atoms with Crippen LogP contribution in [0.3, 0.4) is 0 Å². The van der Waals surface area contributed by atoms with Crippen molar-refractivity contribution in [3.63, 3.8) is 0 Å². The van der Waals surface area contributed by atoms with Gasteiger partial charge in [-0.15, -0.1) is 24.0 Å². The Labute approximate surface area is 199 Å². The third kappa shape index (κ3) is 7.78. The smallest absolute Gasteiger partial charge is 0.213 e. The molecule has 0 fully saturated rings. The second-order valence-electron chi connectivity index (χ2n) is 6.81. The van der Waals surface area contributed by atoms with Crippen LogP contribution in [-0.2, 0) is 23.0 Å². The molecule has 1 heterocycles. The molecule has 3 aromatic rings. The van der Waals surface area contributed by atoms with Crippen molar-refractivity contribution in [3.8, 4) is 0 Å². The van der Waals surface area contributed by atoms with E-state index in [1.54, 1.807) is 13.1 Å². The molecule has 4 N–H and O–H groups in total. The lowest BCUT2D eigenvalue weighted by molar-refractivity contribution is 0.580. The molecule has 0 radical (unpaired) electrons. The minimum Gasteiger partial charge on any atom is -0.361 e. The van der Waals surface area contributed by atoms with Crippen LogP contribution in [0.2, 0.25) is 0 Å². The number of guanidine groups is 1. The van der Waals surface area contributed by atoms with Gasteiger partial charge in [-0.05, 0) is 35.7 Å². The van der Waals surface area contributed by atoms with E-state index in [1.165, 1.54) is 12.1 Å². The molecule has 0 unspecified atom stereocenters. The van der Waals surface area contributed by atoms with E-state index in [2.05, 4.69) is 25.3 Å². The maximum atomic E-state index is 13.5. The SMILES string of the molecule is CN=C(NCCc1c[nH]c2ccc(F)cc12)NCCS(=O)(=O)NCc1ccccc1.I. The van der Waals surface area contributed by atoms with Gasteiger partial charge < -0.3 is 15.6 Å². The number of hydrogen-bond acceptors (Lipinski definition) is 3. The molecule has 0 bridgehead atoms. The zero-order valence-electron chi connectivity index (χ0n) is 17.2. The van der Waals surface area contributed by atoms with Gasteiger partial charge in [-0.25, -0.2) is 17.5 Å². The summed E-state index contributed by atoms with van der Waals surface area (Å²) >= 11 is 0. The number of aromatic amines is 1. The highest BCUT2D eigenvalue weighted by Crippen LogP contribution is 2.19. The number of nitrogens with one attached hydrogen (secondary N) is 4. The van der Waals surface area contributed by atoms with Gasteiger partial charge in [-0.2, -0.15) is 0 Å². The number of halogens is 2. The quantitative estimate of drug-likeness (QED) is 0.184. The van der Waals surface area contributed by atoms with Crippen LogP contribution < -0.4 is 15.4 Å². The molecule has 0 amide bonds. The van der Waals surface area contributed by atoms with Crippen LogP contribution in [-0.4, -0.2) is 45.3 Å². The molecule has 10 heteroatoms. The molecular weight excluding hydrogens is 532 g/mol. The lowest BCUT2D eigenvalue weighted by Gasteiger charge is -2.12. The molecule has 31 heavy (non-hydrogen) atoms. The summed E-state index contributed by atoms with van der Waals surface area (Å²) in [7, 11) is -1.78. The van der Waals surface area contributed by atoms with Gasteiger partial charge in [0.05, 0.1) is 5.75 Å². The third-order valence-electron chi connectivity index (χ3n) is 4.64. The fraction of sp³-hybridized carbons (Fsp3) is 0.286. The monoisotopic (exact) mass is 559 g/mol. The first kappa shape index (κ1) is 25.1. The molecule has 0 saturated carbocycles. The number of aliphatic imine (C=N–C) groups is 1. The van der Waals surface area contributed by atoms with E-state index in [0.29, 0.717) is 18.9 Å². The number of nitrogens with zero attached hydrogens (tertiary/aromatic N) is 1. The Kier molecular flexibility index (Phi) is 9.72. The van der Waals surface area contributed by atoms with Crippen molar-refractivity contribution in [3.05, 3.63) is 71.7 Å². The van der Waals surface area contributed by atoms with E-state index in [9.17, 15) is 12.8 Å². The molecule has 3 rings (SSSR count). The molecule has 0 saturated heterocycles. The maximum absolute atomic E-state index is 13.5. The molecule has 0 aliphatic carbocycles. The van der Waals surface area contributed by atoms with E-state index >= 15 is 0 Å². The van der Waals surface area contributed by atoms with Gasteiger partial charge in [0, 0.05) is 43.8 Å². The van der Waals surface area contributed by atoms with E-state index in [0.717, 1.165) is 22.0 Å². The van der Waals surface area contributed by atoms with Gasteiger partial charge in [0.2, 0.25) is 10.0 Å². The lowest BCUT2D eigenvalue weighted by Crippen LogP contribution is -2.41. The molecular formula is C21H27FIN5O2S. The first-order chi connectivity index (χ1) is 14.5. The molecule has 2 aromatic carbocycles. The summed E-state index contributed by atoms with van der Waals surface area (Å²) in [5.41, 5.74) is 2.80. The van der Waals surface area contributed by atoms with E-state index in [4.69, 9.17) is 0 Å². The summed E-state index contributed by atoms with van der Waals surface area (Å²) in [6.45, 7) is 1.06. The first-order valence-corrected chi connectivity index (χ1v) is 11.3. The highest BCUT2D eigenvalue weighted by atomic mass is 127. The summed E-state index contributed by atoms with van der Waals surface area (Å²) in [6, 6.07) is 14.0. The Balaban J connectivity index is 0.00000341. The van der Waals surface area contributed by atoms with Crippen LogP contribution in [0.1, 0.15) is 11.1 Å². The van der Waals surface area contributed by atoms with Crippen molar-refractivity contribution < 1.29 is 12.8 Å². The average Bonchev–Trinajstić information content (AvgIpc) is 3.14. The molecule has 168 valence electrons. The highest BCUT2D eigenvalue weighted by molar-refractivity contribution is 14.0. The Morgan fingerprint density at radius 1 is 1.10 bits per heavy atom. The van der Waals surface area contributed by atoms with Crippen molar-refractivity contribution in [1.29, 1.82) is 0 Å². The Morgan fingerprint density at radius 2 is 1.84 bits per heavy atom. The third-order valence-corrected chi connectivity index (χ3v) is 5.97. The number of rotatable bonds is 9. The fourth-order valence-corrected chi connectivity index (χ4v) is 3.96. The Hall–Kier alpha value is -2.18. The van der Waals surface area contributed by atoms with Gasteiger partial charge in [0.15, 0.2) is 5.96 Å². The van der Waals surface area contributed by atoms with Crippen molar-refractivity contribution in [2.24, 2.45) is 4.99 Å². The second-order valence-corrected chi connectivity index (χ2v) is 8.73. The van der Waals surface area contributed by atoms with Gasteiger partial charge in [-0.1, -0.05) is 30.3 Å². The Morgan fingerprint density at radius 3 is 2.58 bits per heavy atom. The van der Waals surface area contributed by atoms with Crippen LogP contribution in [0.4, 0.5) is 4.39 Å². The predicted octanol–water partition coefficient (Wildman–Crippen LogP) is 2.75. The van der Waals surface area contributed by atoms with Crippen LogP contribution in [0.25, 0.3) is 10.9 Å². The minimum absolute atomic E-state index is 0. The summed E-state index contributed by atoms with van der Waals surface area (Å²) in [4.78, 5) is 7.24. The highest BCUT2D eigenvalue weighted by Gasteiger charge is 2.10. The average molecular weight is 559 g/mol. The van der Waals surface area contributed by atoms with E-state index < -0.39 is 10.0 Å². The summed E-state index contributed by atoms with van der Waals surface area (Å²) in [5.74, 6) is 0.178. The van der Waals surface area contributed by atoms with E-state index in [-0.39, 0.29) is 48.6 Å².